The summed E-state index contributed by atoms with van der Waals surface area (Å²) in [6.45, 7) is 9.03. The number of hydrogen-bond donors (Lipinski definition) is 2. The maximum Gasteiger partial charge on any atom is 0.407 e. The number of halogens is 1. The zero-order valence-corrected chi connectivity index (χ0v) is 46.4. The van der Waals surface area contributed by atoms with Gasteiger partial charge in [0.15, 0.2) is 0 Å². The van der Waals surface area contributed by atoms with Gasteiger partial charge in [-0.05, 0) is 107 Å². The standard InChI is InChI=1S/C53H56FN7O7S.4H2S/c1-28(2)46(57-52(64)66-5)49(62)59-17-9-13-41(59)38-21-34(25-55-38)30-15-16-40-33(19-30)23-43-45-37(54)20-32(24-44(45)68-51(61(40)43)48-36-12-8-7-11-31(36)27-69-48)35-22-39(56-26-35)42-14-10-18-60(42)50(63)47(29(3)4)58-53(65)67-6;;;;/h7-8,11-12,15-16,19-20,22-25,27-29,41-42,46-47,51H,9-10,13-14,17-18,21,26H2,1-6H3,(H,57,64)(H,58,65);4*1H2/t41-,42-,46-,47-,51?;;;;/m0..../s1. The molecule has 2 saturated heterocycles. The summed E-state index contributed by atoms with van der Waals surface area (Å²) in [5.74, 6) is -0.604. The number of carbonyl (C=O) groups excluding carboxylic acids is 4. The highest BCUT2D eigenvalue weighted by Gasteiger charge is 2.41. The van der Waals surface area contributed by atoms with Crippen molar-refractivity contribution in [2.45, 2.75) is 90.2 Å². The fourth-order valence-electron chi connectivity index (χ4n) is 10.7. The van der Waals surface area contributed by atoms with Gasteiger partial charge in [-0.2, -0.15) is 54.0 Å². The fraction of sp³-hybridized carbons (Fsp3) is 0.396. The van der Waals surface area contributed by atoms with Gasteiger partial charge in [0.05, 0.1) is 60.2 Å². The van der Waals surface area contributed by atoms with E-state index in [0.29, 0.717) is 48.6 Å². The van der Waals surface area contributed by atoms with Gasteiger partial charge in [0.25, 0.3) is 0 Å². The average Bonchev–Trinajstić information content (AvgIpc) is 4.21. The molecule has 1 unspecified atom stereocenters. The second kappa shape index (κ2) is 23.4. The summed E-state index contributed by atoms with van der Waals surface area (Å²) >= 11 is 1.61. The quantitative estimate of drug-likeness (QED) is 0.133. The van der Waals surface area contributed by atoms with E-state index in [0.717, 1.165) is 80.4 Å². The highest BCUT2D eigenvalue weighted by Crippen LogP contribution is 2.49. The number of thiophene rings is 1. The molecule has 2 fully saturated rings. The molecule has 5 aliphatic rings. The molecule has 0 spiro atoms. The largest absolute Gasteiger partial charge is 0.464 e. The SMILES string of the molecule is COC(=O)N[C@H](C(=O)N1CCC[C@H]1C1=NCC(c2cc(F)c3c(c2)OC(c2scc4ccccc24)n2c-3cc3cc(C4=CN=C([C@@H]5CCCN5C(=O)[C@@H](NC(=O)OC)C(C)C)C4)ccc32)=C1)C(C)C.S.S.S.S. The second-order valence-corrected chi connectivity index (χ2v) is 20.0. The van der Waals surface area contributed by atoms with E-state index in [9.17, 15) is 19.2 Å². The number of amides is 4. The van der Waals surface area contributed by atoms with Crippen LogP contribution in [0.3, 0.4) is 0 Å². The van der Waals surface area contributed by atoms with Crippen molar-refractivity contribution in [3.8, 4) is 17.0 Å². The van der Waals surface area contributed by atoms with Crippen molar-refractivity contribution >= 4 is 134 Å². The first-order chi connectivity index (χ1) is 33.3. The van der Waals surface area contributed by atoms with Crippen molar-refractivity contribution in [3.63, 3.8) is 0 Å². The third kappa shape index (κ3) is 10.6. The predicted octanol–water partition coefficient (Wildman–Crippen LogP) is 9.82. The number of carbonyl (C=O) groups is 4. The summed E-state index contributed by atoms with van der Waals surface area (Å²) in [5, 5.41) is 10.6. The maximum absolute atomic E-state index is 17.0. The van der Waals surface area contributed by atoms with Crippen LogP contribution in [-0.2, 0) is 19.1 Å². The molecule has 390 valence electrons. The average molecular weight is 1090 g/mol. The minimum atomic E-state index is -0.748. The van der Waals surface area contributed by atoms with Gasteiger partial charge in [-0.3, -0.25) is 24.1 Å². The number of nitrogens with one attached hydrogen (secondary N) is 2. The smallest absolute Gasteiger partial charge is 0.407 e. The lowest BCUT2D eigenvalue weighted by Gasteiger charge is -2.31. The van der Waals surface area contributed by atoms with Gasteiger partial charge in [0.2, 0.25) is 18.0 Å². The van der Waals surface area contributed by atoms with Gasteiger partial charge in [0.1, 0.15) is 23.7 Å². The first-order valence-corrected chi connectivity index (χ1v) is 24.6. The van der Waals surface area contributed by atoms with Gasteiger partial charge in [0, 0.05) is 42.2 Å². The predicted molar refractivity (Wildman–Crippen MR) is 308 cm³/mol. The van der Waals surface area contributed by atoms with E-state index in [-0.39, 0.29) is 89.7 Å². The van der Waals surface area contributed by atoms with Crippen LogP contribution in [0.2, 0.25) is 0 Å². The van der Waals surface area contributed by atoms with E-state index in [1.165, 1.54) is 14.2 Å². The number of aromatic nitrogens is 1. The van der Waals surface area contributed by atoms with Crippen LogP contribution in [0.15, 0.2) is 88.3 Å². The van der Waals surface area contributed by atoms with Crippen LogP contribution in [0.1, 0.15) is 82.0 Å². The summed E-state index contributed by atoms with van der Waals surface area (Å²) in [6.07, 6.45) is 5.69. The summed E-state index contributed by atoms with van der Waals surface area (Å²) in [5.41, 5.74) is 7.11. The van der Waals surface area contributed by atoms with Crippen LogP contribution >= 0.6 is 65.3 Å². The molecule has 3 aromatic carbocycles. The minimum absolute atomic E-state index is 0. The Morgan fingerprint density at radius 2 is 1.42 bits per heavy atom. The number of allylic oxidation sites excluding steroid dienone is 1. The molecule has 5 aliphatic heterocycles. The number of methoxy groups -OCH3 is 2. The molecule has 14 nitrogen and oxygen atoms in total. The van der Waals surface area contributed by atoms with Crippen LogP contribution < -0.4 is 15.4 Å². The number of aliphatic imine (C=N–C) groups is 2. The Morgan fingerprint density at radius 1 is 0.781 bits per heavy atom. The number of fused-ring (bicyclic) bond motifs is 6. The Balaban J connectivity index is 0.00000217. The molecule has 0 bridgehead atoms. The van der Waals surface area contributed by atoms with Crippen LogP contribution in [0.25, 0.3) is 44.1 Å². The van der Waals surface area contributed by atoms with Crippen molar-refractivity contribution in [1.29, 1.82) is 0 Å². The van der Waals surface area contributed by atoms with Gasteiger partial charge >= 0.3 is 12.2 Å². The van der Waals surface area contributed by atoms with Crippen molar-refractivity contribution in [2.24, 2.45) is 21.8 Å². The summed E-state index contributed by atoms with van der Waals surface area (Å²) in [6, 6.07) is 18.1. The first-order valence-electron chi connectivity index (χ1n) is 23.8. The van der Waals surface area contributed by atoms with Crippen LogP contribution in [0, 0.1) is 17.7 Å². The lowest BCUT2D eigenvalue weighted by Crippen LogP contribution is -2.53. The van der Waals surface area contributed by atoms with Gasteiger partial charge in [-0.15, -0.1) is 11.3 Å². The van der Waals surface area contributed by atoms with E-state index < -0.39 is 36.3 Å². The van der Waals surface area contributed by atoms with Crippen molar-refractivity contribution in [2.75, 3.05) is 33.9 Å². The topological polar surface area (TPSA) is 156 Å². The Hall–Kier alpha value is -5.41. The van der Waals surface area contributed by atoms with E-state index >= 15 is 4.39 Å². The van der Waals surface area contributed by atoms with Crippen LogP contribution in [0.5, 0.6) is 5.75 Å². The zero-order valence-electron chi connectivity index (χ0n) is 41.6. The first kappa shape index (κ1) is 56.9. The van der Waals surface area contributed by atoms with E-state index in [2.05, 4.69) is 50.9 Å². The number of hydrogen-bond acceptors (Lipinski definition) is 10. The van der Waals surface area contributed by atoms with Crippen LogP contribution in [-0.4, -0.2) is 108 Å². The lowest BCUT2D eigenvalue weighted by molar-refractivity contribution is -0.134. The van der Waals surface area contributed by atoms with Gasteiger partial charge in [-0.25, -0.2) is 14.0 Å². The molecule has 2 aromatic heterocycles. The second-order valence-electron chi connectivity index (χ2n) is 19.1. The van der Waals surface area contributed by atoms with Crippen LogP contribution in [0.4, 0.5) is 14.0 Å². The normalized spacial score (nSPS) is 19.4. The molecule has 0 aliphatic carbocycles. The van der Waals surface area contributed by atoms with E-state index in [1.807, 2.05) is 69.1 Å². The number of likely N-dealkylation sites (tertiary alicyclic amines) is 2. The molecular formula is C53H64FN7O7S5. The fourth-order valence-corrected chi connectivity index (χ4v) is 11.7. The number of rotatable bonds is 11. The van der Waals surface area contributed by atoms with E-state index in [4.69, 9.17) is 24.2 Å². The van der Waals surface area contributed by atoms with Crippen molar-refractivity contribution in [1.82, 2.24) is 25.0 Å². The summed E-state index contributed by atoms with van der Waals surface area (Å²) < 4.78 is 35.8. The van der Waals surface area contributed by atoms with Crippen molar-refractivity contribution in [3.05, 3.63) is 100 Å². The van der Waals surface area contributed by atoms with Gasteiger partial charge in [-0.1, -0.05) is 58.0 Å². The molecule has 0 saturated carbocycles. The molecule has 7 heterocycles. The lowest BCUT2D eigenvalue weighted by atomic mass is 9.96. The third-order valence-corrected chi connectivity index (χ3v) is 15.3. The molecule has 73 heavy (non-hydrogen) atoms. The molecule has 10 rings (SSSR count). The maximum atomic E-state index is 17.0. The Morgan fingerprint density at radius 3 is 2.08 bits per heavy atom. The number of ether oxygens (including phenoxy) is 3. The number of nitrogens with zero attached hydrogens (tertiary/aromatic N) is 5. The van der Waals surface area contributed by atoms with Crippen molar-refractivity contribution < 1.29 is 37.8 Å². The highest BCUT2D eigenvalue weighted by molar-refractivity contribution is 7.59. The third-order valence-electron chi connectivity index (χ3n) is 14.2. The molecule has 5 atom stereocenters. The minimum Gasteiger partial charge on any atom is -0.464 e. The Labute approximate surface area is 456 Å². The van der Waals surface area contributed by atoms with Gasteiger partial charge < -0.3 is 34.6 Å². The Bertz CT molecular complexity index is 3060. The number of benzene rings is 3. The highest BCUT2D eigenvalue weighted by atomic mass is 32.1. The molecular weight excluding hydrogens is 1030 g/mol. The number of alkyl carbamates (subject to hydrolysis) is 2. The Kier molecular flexibility index (Phi) is 18.3. The summed E-state index contributed by atoms with van der Waals surface area (Å²) in [7, 11) is 2.57. The molecule has 4 amide bonds. The molecule has 5 aromatic rings. The summed E-state index contributed by atoms with van der Waals surface area (Å²) in [4.78, 5) is 66.5. The zero-order chi connectivity index (χ0) is 48.2. The molecule has 0 radical (unpaired) electrons. The molecule has 2 N–H and O–H groups in total. The van der Waals surface area contributed by atoms with E-state index in [1.54, 1.807) is 22.3 Å². The monoisotopic (exact) mass is 1090 g/mol. The molecule has 20 heteroatoms.